The van der Waals surface area contributed by atoms with Crippen molar-refractivity contribution in [2.75, 3.05) is 17.1 Å². The molecule has 10 heteroatoms. The van der Waals surface area contributed by atoms with Crippen molar-refractivity contribution in [3.63, 3.8) is 0 Å². The summed E-state index contributed by atoms with van der Waals surface area (Å²) >= 11 is 9.44. The number of amides is 2. The predicted molar refractivity (Wildman–Crippen MR) is 131 cm³/mol. The fraction of sp³-hybridized carbons (Fsp3) is 0.364. The first-order chi connectivity index (χ1) is 14.9. The van der Waals surface area contributed by atoms with E-state index in [9.17, 15) is 18.0 Å². The molecule has 2 rings (SSSR count). The fourth-order valence-electron chi connectivity index (χ4n) is 3.06. The van der Waals surface area contributed by atoms with Crippen LogP contribution >= 0.6 is 27.5 Å². The molecule has 7 nitrogen and oxygen atoms in total. The van der Waals surface area contributed by atoms with Crippen LogP contribution in [0.15, 0.2) is 53.0 Å². The number of halogens is 2. The highest BCUT2D eigenvalue weighted by atomic mass is 79.9. The maximum Gasteiger partial charge on any atom is 0.244 e. The second-order valence-corrected chi connectivity index (χ2v) is 11.0. The van der Waals surface area contributed by atoms with Crippen LogP contribution in [0.2, 0.25) is 5.02 Å². The zero-order valence-corrected chi connectivity index (χ0v) is 21.5. The Labute approximate surface area is 202 Å². The van der Waals surface area contributed by atoms with Crippen LogP contribution in [-0.2, 0) is 26.2 Å². The van der Waals surface area contributed by atoms with Gasteiger partial charge in [0.2, 0.25) is 21.8 Å². The molecule has 0 heterocycles. The van der Waals surface area contributed by atoms with Crippen molar-refractivity contribution < 1.29 is 18.0 Å². The van der Waals surface area contributed by atoms with Gasteiger partial charge in [-0.2, -0.15) is 0 Å². The Kier molecular flexibility index (Phi) is 9.12. The van der Waals surface area contributed by atoms with Crippen LogP contribution in [0.5, 0.6) is 0 Å². The molecule has 0 spiro atoms. The summed E-state index contributed by atoms with van der Waals surface area (Å²) in [7, 11) is -3.79. The highest BCUT2D eigenvalue weighted by molar-refractivity contribution is 9.10. The quantitative estimate of drug-likeness (QED) is 0.520. The average molecular weight is 545 g/mol. The van der Waals surface area contributed by atoms with Crippen molar-refractivity contribution in [2.24, 2.45) is 0 Å². The Morgan fingerprint density at radius 1 is 1.09 bits per heavy atom. The number of sulfonamides is 1. The van der Waals surface area contributed by atoms with Gasteiger partial charge in [-0.05, 0) is 56.7 Å². The zero-order chi connectivity index (χ0) is 24.1. The van der Waals surface area contributed by atoms with Gasteiger partial charge in [0.05, 0.1) is 11.9 Å². The molecule has 0 saturated heterocycles. The second-order valence-electron chi connectivity index (χ2n) is 7.74. The van der Waals surface area contributed by atoms with Gasteiger partial charge in [0.25, 0.3) is 0 Å². The molecule has 1 atom stereocenters. The first kappa shape index (κ1) is 26.2. The first-order valence-corrected chi connectivity index (χ1v) is 13.0. The molecular weight excluding hydrogens is 518 g/mol. The van der Waals surface area contributed by atoms with Crippen LogP contribution in [0.25, 0.3) is 0 Å². The molecule has 0 aliphatic carbocycles. The summed E-state index contributed by atoms with van der Waals surface area (Å²) in [6.45, 7) is 4.95. The number of hydrogen-bond acceptors (Lipinski definition) is 4. The van der Waals surface area contributed by atoms with Gasteiger partial charge in [-0.25, -0.2) is 8.42 Å². The van der Waals surface area contributed by atoms with Gasteiger partial charge in [-0.3, -0.25) is 13.9 Å². The molecule has 0 bridgehead atoms. The monoisotopic (exact) mass is 543 g/mol. The summed E-state index contributed by atoms with van der Waals surface area (Å²) in [5.41, 5.74) is 1.07. The summed E-state index contributed by atoms with van der Waals surface area (Å²) in [6.07, 6.45) is 1.02. The van der Waals surface area contributed by atoms with Gasteiger partial charge in [0, 0.05) is 22.1 Å². The third kappa shape index (κ3) is 7.50. The zero-order valence-electron chi connectivity index (χ0n) is 18.4. The fourth-order valence-corrected chi connectivity index (χ4v) is 4.54. The number of nitrogens with one attached hydrogen (secondary N) is 1. The minimum Gasteiger partial charge on any atom is -0.352 e. The van der Waals surface area contributed by atoms with Gasteiger partial charge in [-0.1, -0.05) is 45.7 Å². The van der Waals surface area contributed by atoms with E-state index in [1.54, 1.807) is 25.1 Å². The predicted octanol–water partition coefficient (Wildman–Crippen LogP) is 3.81. The molecule has 2 aromatic rings. The van der Waals surface area contributed by atoms with E-state index in [1.807, 2.05) is 38.1 Å². The van der Waals surface area contributed by atoms with Crippen molar-refractivity contribution >= 4 is 55.1 Å². The lowest BCUT2D eigenvalue weighted by atomic mass is 10.1. The Balaban J connectivity index is 2.39. The van der Waals surface area contributed by atoms with E-state index < -0.39 is 28.5 Å². The van der Waals surface area contributed by atoms with Gasteiger partial charge in [0.1, 0.15) is 12.6 Å². The molecule has 174 valence electrons. The average Bonchev–Trinajstić information content (AvgIpc) is 2.68. The van der Waals surface area contributed by atoms with Crippen molar-refractivity contribution in [1.29, 1.82) is 0 Å². The SMILES string of the molecule is CC(C)NC(=O)C(C)N(Cc1cccc(Br)c1)C(=O)CN(c1cccc(Cl)c1)S(C)(=O)=O. The minimum absolute atomic E-state index is 0.105. The van der Waals surface area contributed by atoms with E-state index in [4.69, 9.17) is 11.6 Å². The third-order valence-electron chi connectivity index (χ3n) is 4.62. The molecule has 0 fully saturated rings. The van der Waals surface area contributed by atoms with E-state index in [2.05, 4.69) is 21.2 Å². The highest BCUT2D eigenvalue weighted by Gasteiger charge is 2.30. The van der Waals surface area contributed by atoms with E-state index in [-0.39, 0.29) is 24.2 Å². The van der Waals surface area contributed by atoms with E-state index in [0.717, 1.165) is 20.6 Å². The molecule has 1 N–H and O–H groups in total. The van der Waals surface area contributed by atoms with Crippen molar-refractivity contribution in [1.82, 2.24) is 10.2 Å². The highest BCUT2D eigenvalue weighted by Crippen LogP contribution is 2.23. The molecule has 0 saturated carbocycles. The summed E-state index contributed by atoms with van der Waals surface area (Å²) in [6, 6.07) is 12.7. The van der Waals surface area contributed by atoms with Crippen LogP contribution in [0, 0.1) is 0 Å². The normalized spacial score (nSPS) is 12.3. The van der Waals surface area contributed by atoms with E-state index >= 15 is 0 Å². The maximum absolute atomic E-state index is 13.4. The molecule has 0 radical (unpaired) electrons. The number of rotatable bonds is 9. The molecule has 2 amide bonds. The lowest BCUT2D eigenvalue weighted by molar-refractivity contribution is -0.139. The standard InChI is InChI=1S/C22H27BrClN3O4S/c1-15(2)25-22(29)16(3)26(13-17-7-5-8-18(23)11-17)21(28)14-27(32(4,30)31)20-10-6-9-19(24)12-20/h5-12,15-16H,13-14H2,1-4H3,(H,25,29). The summed E-state index contributed by atoms with van der Waals surface area (Å²) in [5, 5.41) is 3.15. The largest absolute Gasteiger partial charge is 0.352 e. The van der Waals surface area contributed by atoms with Gasteiger partial charge in [0.15, 0.2) is 0 Å². The van der Waals surface area contributed by atoms with Gasteiger partial charge in [-0.15, -0.1) is 0 Å². The summed E-state index contributed by atoms with van der Waals surface area (Å²) < 4.78 is 26.8. The Hall–Kier alpha value is -2.10. The molecule has 32 heavy (non-hydrogen) atoms. The summed E-state index contributed by atoms with van der Waals surface area (Å²) in [5.74, 6) is -0.834. The van der Waals surface area contributed by atoms with E-state index in [0.29, 0.717) is 5.02 Å². The first-order valence-electron chi connectivity index (χ1n) is 9.96. The van der Waals surface area contributed by atoms with Crippen molar-refractivity contribution in [2.45, 2.75) is 39.4 Å². The lowest BCUT2D eigenvalue weighted by Gasteiger charge is -2.32. The van der Waals surface area contributed by atoms with Gasteiger partial charge >= 0.3 is 0 Å². The minimum atomic E-state index is -3.79. The van der Waals surface area contributed by atoms with Crippen molar-refractivity contribution in [3.8, 4) is 0 Å². The van der Waals surface area contributed by atoms with Crippen molar-refractivity contribution in [3.05, 3.63) is 63.6 Å². The Morgan fingerprint density at radius 2 is 1.75 bits per heavy atom. The van der Waals surface area contributed by atoms with Crippen LogP contribution in [0.4, 0.5) is 5.69 Å². The topological polar surface area (TPSA) is 86.8 Å². The summed E-state index contributed by atoms with van der Waals surface area (Å²) in [4.78, 5) is 27.4. The Bertz CT molecular complexity index is 1080. The van der Waals surface area contributed by atoms with E-state index in [1.165, 1.54) is 11.0 Å². The number of nitrogens with zero attached hydrogens (tertiary/aromatic N) is 2. The molecule has 0 aliphatic heterocycles. The number of carbonyl (C=O) groups excluding carboxylic acids is 2. The number of hydrogen-bond donors (Lipinski definition) is 1. The second kappa shape index (κ2) is 11.2. The molecular formula is C22H27BrClN3O4S. The molecule has 2 aromatic carbocycles. The molecule has 0 aromatic heterocycles. The number of anilines is 1. The smallest absolute Gasteiger partial charge is 0.244 e. The lowest BCUT2D eigenvalue weighted by Crippen LogP contribution is -2.52. The van der Waals surface area contributed by atoms with Crippen LogP contribution < -0.4 is 9.62 Å². The number of benzene rings is 2. The third-order valence-corrected chi connectivity index (χ3v) is 6.48. The maximum atomic E-state index is 13.4. The molecule has 1 unspecified atom stereocenters. The molecule has 0 aliphatic rings. The number of carbonyl (C=O) groups is 2. The van der Waals surface area contributed by atoms with Gasteiger partial charge < -0.3 is 10.2 Å². The van der Waals surface area contributed by atoms with Crippen LogP contribution in [0.1, 0.15) is 26.3 Å². The Morgan fingerprint density at radius 3 is 2.31 bits per heavy atom. The van der Waals surface area contributed by atoms with Crippen LogP contribution in [-0.4, -0.2) is 50.0 Å². The van der Waals surface area contributed by atoms with Crippen LogP contribution in [0.3, 0.4) is 0 Å².